The highest BCUT2D eigenvalue weighted by atomic mass is 15.2. The van der Waals surface area contributed by atoms with Crippen LogP contribution in [0.25, 0.3) is 10.9 Å². The molecule has 7 nitrogen and oxygen atoms in total. The molecule has 0 aliphatic heterocycles. The molecule has 0 aliphatic carbocycles. The summed E-state index contributed by atoms with van der Waals surface area (Å²) in [6.45, 7) is 5.55. The zero-order chi connectivity index (χ0) is 18.0. The van der Waals surface area contributed by atoms with Crippen LogP contribution in [0.5, 0.6) is 0 Å². The number of para-hydroxylation sites is 1. The van der Waals surface area contributed by atoms with Gasteiger partial charge in [0.1, 0.15) is 12.7 Å². The van der Waals surface area contributed by atoms with Crippen LogP contribution >= 0.6 is 0 Å². The number of fused-ring (bicyclic) bond motifs is 1. The van der Waals surface area contributed by atoms with Crippen LogP contribution in [0.15, 0.2) is 48.1 Å². The molecule has 0 bridgehead atoms. The summed E-state index contributed by atoms with van der Waals surface area (Å²) in [7, 11) is 0. The first-order valence-corrected chi connectivity index (χ1v) is 9.26. The van der Waals surface area contributed by atoms with Crippen molar-refractivity contribution in [2.45, 2.75) is 32.7 Å². The molecule has 3 N–H and O–H groups in total. The second kappa shape index (κ2) is 9.60. The van der Waals surface area contributed by atoms with Crippen molar-refractivity contribution in [1.82, 2.24) is 30.4 Å². The van der Waals surface area contributed by atoms with Crippen LogP contribution in [0.3, 0.4) is 0 Å². The number of aryl methyl sites for hydroxylation is 1. The lowest BCUT2D eigenvalue weighted by atomic mass is 10.1. The quantitative estimate of drug-likeness (QED) is 0.313. The number of benzene rings is 1. The van der Waals surface area contributed by atoms with Crippen LogP contribution < -0.4 is 10.6 Å². The Balaban J connectivity index is 1.42. The molecule has 3 rings (SSSR count). The highest BCUT2D eigenvalue weighted by Crippen LogP contribution is 2.17. The first kappa shape index (κ1) is 18.0. The Morgan fingerprint density at radius 3 is 2.85 bits per heavy atom. The van der Waals surface area contributed by atoms with Crippen molar-refractivity contribution >= 4 is 16.9 Å². The van der Waals surface area contributed by atoms with Crippen LogP contribution in [-0.4, -0.2) is 45.3 Å². The van der Waals surface area contributed by atoms with Gasteiger partial charge in [0, 0.05) is 43.3 Å². The van der Waals surface area contributed by atoms with E-state index in [4.69, 9.17) is 0 Å². The lowest BCUT2D eigenvalue weighted by molar-refractivity contribution is 0.611. The van der Waals surface area contributed by atoms with Crippen LogP contribution in [0.1, 0.15) is 25.3 Å². The van der Waals surface area contributed by atoms with Crippen LogP contribution in [0, 0.1) is 0 Å². The third-order valence-electron chi connectivity index (χ3n) is 4.27. The van der Waals surface area contributed by atoms with E-state index in [2.05, 4.69) is 68.2 Å². The molecule has 0 saturated heterocycles. The van der Waals surface area contributed by atoms with Crippen molar-refractivity contribution in [3.63, 3.8) is 0 Å². The molecule has 0 radical (unpaired) electrons. The lowest BCUT2D eigenvalue weighted by Gasteiger charge is -2.11. The minimum absolute atomic E-state index is 0.810. The number of guanidine groups is 1. The molecule has 138 valence electrons. The molecule has 0 amide bonds. The fourth-order valence-electron chi connectivity index (χ4n) is 2.93. The number of unbranched alkanes of at least 4 members (excludes halogenated alkanes) is 1. The van der Waals surface area contributed by atoms with Gasteiger partial charge in [-0.1, -0.05) is 18.2 Å². The van der Waals surface area contributed by atoms with Gasteiger partial charge in [-0.25, -0.2) is 0 Å². The number of aromatic nitrogens is 4. The van der Waals surface area contributed by atoms with E-state index in [-0.39, 0.29) is 0 Å². The van der Waals surface area contributed by atoms with Gasteiger partial charge >= 0.3 is 0 Å². The zero-order valence-corrected chi connectivity index (χ0v) is 15.3. The third-order valence-corrected chi connectivity index (χ3v) is 4.27. The van der Waals surface area contributed by atoms with Gasteiger partial charge in [-0.05, 0) is 37.8 Å². The van der Waals surface area contributed by atoms with Crippen molar-refractivity contribution in [2.75, 3.05) is 19.6 Å². The minimum Gasteiger partial charge on any atom is -0.361 e. The number of aromatic amines is 1. The Hall–Kier alpha value is -2.83. The van der Waals surface area contributed by atoms with E-state index in [1.807, 2.05) is 4.57 Å². The number of aliphatic imine (C=N–C) groups is 1. The van der Waals surface area contributed by atoms with E-state index in [0.29, 0.717) is 0 Å². The van der Waals surface area contributed by atoms with Gasteiger partial charge < -0.3 is 20.2 Å². The highest BCUT2D eigenvalue weighted by Gasteiger charge is 2.03. The van der Waals surface area contributed by atoms with Crippen molar-refractivity contribution in [2.24, 2.45) is 4.99 Å². The molecule has 0 saturated carbocycles. The maximum atomic E-state index is 4.66. The molecular formula is C19H27N7. The predicted molar refractivity (Wildman–Crippen MR) is 105 cm³/mol. The molecule has 0 fully saturated rings. The first-order valence-electron chi connectivity index (χ1n) is 9.26. The SMILES string of the molecule is CCNC(=NCCCCn1cnnc1)NCCc1c[nH]c2ccccc12. The van der Waals surface area contributed by atoms with E-state index in [1.165, 1.54) is 16.5 Å². The Bertz CT molecular complexity index is 804. The average molecular weight is 353 g/mol. The molecule has 0 atom stereocenters. The second-order valence-electron chi connectivity index (χ2n) is 6.20. The molecule has 1 aromatic carbocycles. The number of H-pyrrole nitrogens is 1. The number of nitrogens with one attached hydrogen (secondary N) is 3. The van der Waals surface area contributed by atoms with E-state index >= 15 is 0 Å². The summed E-state index contributed by atoms with van der Waals surface area (Å²) in [5.74, 6) is 0.886. The Labute approximate surface area is 153 Å². The number of hydrogen-bond donors (Lipinski definition) is 3. The fraction of sp³-hybridized carbons (Fsp3) is 0.421. The van der Waals surface area contributed by atoms with Crippen molar-refractivity contribution in [3.8, 4) is 0 Å². The van der Waals surface area contributed by atoms with Crippen molar-refractivity contribution in [3.05, 3.63) is 48.7 Å². The second-order valence-corrected chi connectivity index (χ2v) is 6.20. The largest absolute Gasteiger partial charge is 0.361 e. The predicted octanol–water partition coefficient (Wildman–Crippen LogP) is 2.34. The number of hydrogen-bond acceptors (Lipinski definition) is 3. The average Bonchev–Trinajstić information content (AvgIpc) is 3.31. The Kier molecular flexibility index (Phi) is 6.64. The standard InChI is InChI=1S/C19H27N7/c1-2-20-19(21-10-5-6-12-26-14-24-25-15-26)22-11-9-16-13-23-18-8-4-3-7-17(16)18/h3-4,7-8,13-15,23H,2,5-6,9-12H2,1H3,(H2,20,21,22). The molecular weight excluding hydrogens is 326 g/mol. The van der Waals surface area contributed by atoms with Crippen LogP contribution in [-0.2, 0) is 13.0 Å². The molecule has 0 aliphatic rings. The summed E-state index contributed by atoms with van der Waals surface area (Å²) >= 11 is 0. The highest BCUT2D eigenvalue weighted by molar-refractivity contribution is 5.83. The fourth-order valence-corrected chi connectivity index (χ4v) is 2.93. The maximum Gasteiger partial charge on any atom is 0.191 e. The number of nitrogens with zero attached hydrogens (tertiary/aromatic N) is 4. The lowest BCUT2D eigenvalue weighted by Crippen LogP contribution is -2.38. The molecule has 7 heteroatoms. The smallest absolute Gasteiger partial charge is 0.191 e. The van der Waals surface area contributed by atoms with Gasteiger partial charge in [-0.2, -0.15) is 0 Å². The zero-order valence-electron chi connectivity index (χ0n) is 15.3. The normalized spacial score (nSPS) is 11.8. The van der Waals surface area contributed by atoms with E-state index < -0.39 is 0 Å². The number of rotatable bonds is 9. The minimum atomic E-state index is 0.810. The molecule has 2 aromatic heterocycles. The van der Waals surface area contributed by atoms with Gasteiger partial charge in [0.15, 0.2) is 5.96 Å². The summed E-state index contributed by atoms with van der Waals surface area (Å²) in [6.07, 6.45) is 8.66. The Morgan fingerprint density at radius 2 is 2.00 bits per heavy atom. The summed E-state index contributed by atoms with van der Waals surface area (Å²) in [6, 6.07) is 8.41. The van der Waals surface area contributed by atoms with Crippen LogP contribution in [0.4, 0.5) is 0 Å². The van der Waals surface area contributed by atoms with Gasteiger partial charge in [0.25, 0.3) is 0 Å². The van der Waals surface area contributed by atoms with E-state index in [0.717, 1.165) is 51.4 Å². The molecule has 0 unspecified atom stereocenters. The van der Waals surface area contributed by atoms with Crippen molar-refractivity contribution in [1.29, 1.82) is 0 Å². The summed E-state index contributed by atoms with van der Waals surface area (Å²) in [5.41, 5.74) is 2.52. The molecule has 3 aromatic rings. The Morgan fingerprint density at radius 1 is 1.15 bits per heavy atom. The van der Waals surface area contributed by atoms with E-state index in [9.17, 15) is 0 Å². The topological polar surface area (TPSA) is 82.9 Å². The van der Waals surface area contributed by atoms with Crippen LogP contribution in [0.2, 0.25) is 0 Å². The van der Waals surface area contributed by atoms with E-state index in [1.54, 1.807) is 12.7 Å². The molecule has 0 spiro atoms. The van der Waals surface area contributed by atoms with Crippen molar-refractivity contribution < 1.29 is 0 Å². The van der Waals surface area contributed by atoms with Gasteiger partial charge in [0.2, 0.25) is 0 Å². The van der Waals surface area contributed by atoms with Gasteiger partial charge in [0.05, 0.1) is 0 Å². The summed E-state index contributed by atoms with van der Waals surface area (Å²) in [5, 5.41) is 15.7. The first-order chi connectivity index (χ1) is 12.9. The molecule has 26 heavy (non-hydrogen) atoms. The third kappa shape index (κ3) is 5.08. The maximum absolute atomic E-state index is 4.66. The van der Waals surface area contributed by atoms with Gasteiger partial charge in [-0.3, -0.25) is 4.99 Å². The van der Waals surface area contributed by atoms with Gasteiger partial charge in [-0.15, -0.1) is 10.2 Å². The monoisotopic (exact) mass is 353 g/mol. The molecule has 2 heterocycles. The summed E-state index contributed by atoms with van der Waals surface area (Å²) < 4.78 is 1.99. The summed E-state index contributed by atoms with van der Waals surface area (Å²) in [4.78, 5) is 7.99.